The number of H-pyrrole nitrogens is 1. The number of carboxylic acid groups (broad SMARTS) is 1. The van der Waals surface area contributed by atoms with Crippen LogP contribution in [0.5, 0.6) is 0 Å². The van der Waals surface area contributed by atoms with E-state index in [4.69, 9.17) is 16.7 Å². The lowest BCUT2D eigenvalue weighted by Gasteiger charge is -2.06. The molecule has 1 amide bonds. The number of halogens is 3. The number of nitrogens with zero attached hydrogens (tertiary/aromatic N) is 3. The molecule has 0 aliphatic heterocycles. The van der Waals surface area contributed by atoms with Crippen LogP contribution in [0.1, 0.15) is 20.8 Å². The van der Waals surface area contributed by atoms with Gasteiger partial charge in [0.25, 0.3) is 5.91 Å². The lowest BCUT2D eigenvalue weighted by atomic mass is 10.2. The number of imidazole rings is 1. The molecule has 0 saturated carbocycles. The Morgan fingerprint density at radius 3 is 2.52 bits per heavy atom. The highest BCUT2D eigenvalue weighted by atomic mass is 35.5. The van der Waals surface area contributed by atoms with Crippen molar-refractivity contribution in [2.24, 2.45) is 0 Å². The van der Waals surface area contributed by atoms with E-state index in [0.717, 1.165) is 10.9 Å². The van der Waals surface area contributed by atoms with Gasteiger partial charge in [-0.1, -0.05) is 11.6 Å². The van der Waals surface area contributed by atoms with E-state index in [-0.39, 0.29) is 16.3 Å². The maximum Gasteiger partial charge on any atom is 0.356 e. The molecule has 0 saturated heterocycles. The molecule has 130 valence electrons. The van der Waals surface area contributed by atoms with Gasteiger partial charge in [0.1, 0.15) is 0 Å². The molecule has 2 aromatic heterocycles. The summed E-state index contributed by atoms with van der Waals surface area (Å²) in [5, 5.41) is 11.9. The number of rotatable bonds is 3. The zero-order valence-corrected chi connectivity index (χ0v) is 13.0. The molecule has 3 rings (SSSR count). The van der Waals surface area contributed by atoms with Crippen LogP contribution in [-0.2, 0) is 0 Å². The maximum atomic E-state index is 13.1. The summed E-state index contributed by atoms with van der Waals surface area (Å²) in [4.78, 5) is 29.6. The number of carbonyl (C=O) groups is 2. The Kier molecular flexibility index (Phi) is 5.79. The van der Waals surface area contributed by atoms with Gasteiger partial charge in [0, 0.05) is 18.6 Å². The fourth-order valence-electron chi connectivity index (χ4n) is 1.58. The van der Waals surface area contributed by atoms with Gasteiger partial charge in [0.05, 0.1) is 16.9 Å². The van der Waals surface area contributed by atoms with Crippen molar-refractivity contribution < 1.29 is 23.5 Å². The lowest BCUT2D eigenvalue weighted by Crippen LogP contribution is -2.24. The third-order valence-electron chi connectivity index (χ3n) is 2.68. The minimum atomic E-state index is -1.27. The molecule has 2 heterocycles. The summed E-state index contributed by atoms with van der Waals surface area (Å²) in [7, 11) is 0. The number of aromatic nitrogens is 4. The second-order valence-corrected chi connectivity index (χ2v) is 4.81. The van der Waals surface area contributed by atoms with Crippen LogP contribution in [0.15, 0.2) is 43.1 Å². The fourth-order valence-corrected chi connectivity index (χ4v) is 1.81. The van der Waals surface area contributed by atoms with E-state index in [1.165, 1.54) is 6.20 Å². The predicted octanol–water partition coefficient (Wildman–Crippen LogP) is 2.31. The first kappa shape index (κ1) is 18.1. The molecule has 0 fully saturated rings. The Balaban J connectivity index is 0.000000386. The minimum Gasteiger partial charge on any atom is -0.476 e. The van der Waals surface area contributed by atoms with Crippen molar-refractivity contribution in [3.05, 3.63) is 71.0 Å². The van der Waals surface area contributed by atoms with Crippen molar-refractivity contribution in [1.29, 1.82) is 0 Å². The molecule has 0 aliphatic rings. The number of nitrogens with one attached hydrogen (secondary N) is 2. The first-order chi connectivity index (χ1) is 11.9. The van der Waals surface area contributed by atoms with E-state index in [1.807, 2.05) is 0 Å². The van der Waals surface area contributed by atoms with Crippen LogP contribution in [0, 0.1) is 11.6 Å². The van der Waals surface area contributed by atoms with Gasteiger partial charge in [-0.2, -0.15) is 4.79 Å². The Labute approximate surface area is 144 Å². The highest BCUT2D eigenvalue weighted by Crippen LogP contribution is 2.20. The van der Waals surface area contributed by atoms with Crippen LogP contribution in [0.4, 0.5) is 8.78 Å². The van der Waals surface area contributed by atoms with Gasteiger partial charge in [-0.15, -0.1) is 5.10 Å². The van der Waals surface area contributed by atoms with E-state index in [9.17, 15) is 18.4 Å². The first-order valence-corrected chi connectivity index (χ1v) is 6.94. The summed E-state index contributed by atoms with van der Waals surface area (Å²) >= 11 is 5.63. The number of carbonyl (C=O) groups excluding carboxylic acids is 1. The quantitative estimate of drug-likeness (QED) is 0.613. The highest BCUT2D eigenvalue weighted by Gasteiger charge is 2.16. The highest BCUT2D eigenvalue weighted by molar-refractivity contribution is 6.34. The molecule has 3 aromatic rings. The summed E-state index contributed by atoms with van der Waals surface area (Å²) in [5.74, 6) is -4.55. The van der Waals surface area contributed by atoms with Crippen molar-refractivity contribution in [1.82, 2.24) is 19.9 Å². The van der Waals surface area contributed by atoms with E-state index >= 15 is 0 Å². The van der Waals surface area contributed by atoms with Crippen LogP contribution in [-0.4, -0.2) is 36.8 Å². The van der Waals surface area contributed by atoms with Crippen molar-refractivity contribution in [2.45, 2.75) is 0 Å². The monoisotopic (exact) mass is 369 g/mol. The van der Waals surface area contributed by atoms with Gasteiger partial charge in [-0.25, -0.2) is 24.0 Å². The Hall–Kier alpha value is -3.27. The molecule has 1 aromatic carbocycles. The molecule has 0 spiro atoms. The Morgan fingerprint density at radius 2 is 2.00 bits per heavy atom. The molecular formula is C14H10ClF2N5O3. The molecule has 0 bridgehead atoms. The number of benzene rings is 1. The van der Waals surface area contributed by atoms with Crippen molar-refractivity contribution in [3.63, 3.8) is 0 Å². The smallest absolute Gasteiger partial charge is 0.356 e. The lowest BCUT2D eigenvalue weighted by molar-refractivity contribution is 0.0689. The standard InChI is InChI=1S/C11H6ClF2N3O3.C3H4N2/c12-6-4-8(14)7(13)3-5(6)10(18)16-17-2-1-9(15-17)11(19)20;1-2-5-3-4-1/h1-4H,(H,16,18)(H,19,20);1-3H,(H,4,5). The van der Waals surface area contributed by atoms with Gasteiger partial charge in [0.2, 0.25) is 0 Å². The van der Waals surface area contributed by atoms with E-state index in [2.05, 4.69) is 20.5 Å². The molecule has 11 heteroatoms. The van der Waals surface area contributed by atoms with Crippen LogP contribution < -0.4 is 5.43 Å². The minimum absolute atomic E-state index is 0.285. The number of hydrogen-bond donors (Lipinski definition) is 3. The third-order valence-corrected chi connectivity index (χ3v) is 3.00. The predicted molar refractivity (Wildman–Crippen MR) is 82.8 cm³/mol. The molecule has 0 atom stereocenters. The third kappa shape index (κ3) is 4.85. The maximum absolute atomic E-state index is 13.1. The Bertz CT molecular complexity index is 866. The number of carboxylic acids is 1. The topological polar surface area (TPSA) is 113 Å². The largest absolute Gasteiger partial charge is 0.476 e. The Morgan fingerprint density at radius 1 is 1.28 bits per heavy atom. The van der Waals surface area contributed by atoms with Crippen LogP contribution >= 0.6 is 11.6 Å². The second kappa shape index (κ2) is 8.02. The zero-order chi connectivity index (χ0) is 18.4. The van der Waals surface area contributed by atoms with Gasteiger partial charge < -0.3 is 10.1 Å². The van der Waals surface area contributed by atoms with E-state index in [0.29, 0.717) is 12.1 Å². The van der Waals surface area contributed by atoms with Crippen molar-refractivity contribution in [2.75, 3.05) is 5.43 Å². The van der Waals surface area contributed by atoms with Crippen LogP contribution in [0.3, 0.4) is 0 Å². The van der Waals surface area contributed by atoms with Crippen LogP contribution in [0.2, 0.25) is 5.02 Å². The van der Waals surface area contributed by atoms with Crippen molar-refractivity contribution in [3.8, 4) is 0 Å². The second-order valence-electron chi connectivity index (χ2n) is 4.40. The van der Waals surface area contributed by atoms with Gasteiger partial charge in [-0.3, -0.25) is 4.79 Å². The number of amides is 1. The van der Waals surface area contributed by atoms with Crippen molar-refractivity contribution >= 4 is 23.5 Å². The summed E-state index contributed by atoms with van der Waals surface area (Å²) < 4.78 is 25.9. The van der Waals surface area contributed by atoms with E-state index < -0.39 is 23.5 Å². The summed E-state index contributed by atoms with van der Waals surface area (Å²) in [6, 6.07) is 2.45. The number of hydrogen-bond acceptors (Lipinski definition) is 4. The van der Waals surface area contributed by atoms with Gasteiger partial charge in [-0.05, 0) is 18.2 Å². The van der Waals surface area contributed by atoms with Gasteiger partial charge >= 0.3 is 5.97 Å². The molecule has 3 N–H and O–H groups in total. The SMILES string of the molecule is O=C(O)c1ccn(NC(=O)c2cc(F)c(F)cc2Cl)n1.c1c[nH]cn1. The summed E-state index contributed by atoms with van der Waals surface area (Å²) in [6.45, 7) is 0. The summed E-state index contributed by atoms with van der Waals surface area (Å²) in [6.07, 6.45) is 6.26. The average molecular weight is 370 g/mol. The molecule has 8 nitrogen and oxygen atoms in total. The molecular weight excluding hydrogens is 360 g/mol. The summed E-state index contributed by atoms with van der Waals surface area (Å²) in [5.41, 5.74) is 1.55. The molecule has 0 unspecified atom stereocenters. The molecule has 0 aliphatic carbocycles. The molecule has 0 radical (unpaired) electrons. The molecule has 25 heavy (non-hydrogen) atoms. The zero-order valence-electron chi connectivity index (χ0n) is 12.3. The average Bonchev–Trinajstić information content (AvgIpc) is 3.25. The number of aromatic carboxylic acids is 1. The first-order valence-electron chi connectivity index (χ1n) is 6.56. The fraction of sp³-hybridized carbons (Fsp3) is 0. The number of aromatic amines is 1. The van der Waals surface area contributed by atoms with E-state index in [1.54, 1.807) is 18.7 Å². The normalized spacial score (nSPS) is 9.88. The van der Waals surface area contributed by atoms with Crippen LogP contribution in [0.25, 0.3) is 0 Å². The van der Waals surface area contributed by atoms with Gasteiger partial charge in [0.15, 0.2) is 17.3 Å².